The van der Waals surface area contributed by atoms with Gasteiger partial charge in [-0.2, -0.15) is 0 Å². The predicted octanol–water partition coefficient (Wildman–Crippen LogP) is 2.49. The molecule has 1 heteroatoms. The predicted molar refractivity (Wildman–Crippen MR) is 46.3 cm³/mol. The molecule has 11 heavy (non-hydrogen) atoms. The van der Waals surface area contributed by atoms with Crippen LogP contribution < -0.4 is 0 Å². The van der Waals surface area contributed by atoms with E-state index in [0.29, 0.717) is 0 Å². The molecule has 1 rings (SSSR count). The van der Waals surface area contributed by atoms with Gasteiger partial charge in [0.05, 0.1) is 0 Å². The van der Waals surface area contributed by atoms with E-state index < -0.39 is 0 Å². The number of carbonyl (C=O) groups excluding carboxylic acids is 1. The number of Topliss-reactive ketones (excluding diaryl/α,β-unsaturated/α-hetero) is 1. The summed E-state index contributed by atoms with van der Waals surface area (Å²) in [6.07, 6.45) is 8.56. The van der Waals surface area contributed by atoms with Gasteiger partial charge in [0.25, 0.3) is 0 Å². The third kappa shape index (κ3) is 2.04. The molecule has 0 aromatic heterocycles. The van der Waals surface area contributed by atoms with Crippen LogP contribution in [0.1, 0.15) is 26.7 Å². The highest BCUT2D eigenvalue weighted by Gasteiger charge is 2.11. The molecule has 0 amide bonds. The average molecular weight is 150 g/mol. The number of carbonyl (C=O) groups is 1. The van der Waals surface area contributed by atoms with Crippen molar-refractivity contribution in [3.8, 4) is 0 Å². The van der Waals surface area contributed by atoms with E-state index in [4.69, 9.17) is 0 Å². The van der Waals surface area contributed by atoms with Crippen LogP contribution in [0.4, 0.5) is 0 Å². The smallest absolute Gasteiger partial charge is 0.136 e. The summed E-state index contributed by atoms with van der Waals surface area (Å²) in [7, 11) is 0. The van der Waals surface area contributed by atoms with Gasteiger partial charge in [0.15, 0.2) is 0 Å². The summed E-state index contributed by atoms with van der Waals surface area (Å²) in [5.74, 6) is 0.342. The van der Waals surface area contributed by atoms with E-state index in [0.717, 1.165) is 12.8 Å². The molecule has 1 aliphatic carbocycles. The maximum Gasteiger partial charge on any atom is 0.136 e. The zero-order chi connectivity index (χ0) is 8.27. The van der Waals surface area contributed by atoms with Crippen LogP contribution in [-0.4, -0.2) is 5.78 Å². The molecule has 0 aromatic carbocycles. The zero-order valence-corrected chi connectivity index (χ0v) is 7.13. The molecule has 0 heterocycles. The molecule has 1 aliphatic rings. The minimum Gasteiger partial charge on any atom is -0.299 e. The van der Waals surface area contributed by atoms with E-state index in [1.165, 1.54) is 5.57 Å². The third-order valence-electron chi connectivity index (χ3n) is 2.13. The third-order valence-corrected chi connectivity index (χ3v) is 2.13. The normalized spacial score (nSPS) is 19.3. The maximum absolute atomic E-state index is 11.0. The Hall–Kier alpha value is -0.850. The van der Waals surface area contributed by atoms with Crippen LogP contribution in [0.2, 0.25) is 0 Å². The van der Waals surface area contributed by atoms with Gasteiger partial charge in [0, 0.05) is 5.92 Å². The molecular formula is C10H14O. The van der Waals surface area contributed by atoms with E-state index in [-0.39, 0.29) is 11.7 Å². The van der Waals surface area contributed by atoms with Gasteiger partial charge in [-0.05, 0) is 25.3 Å². The lowest BCUT2D eigenvalue weighted by Gasteiger charge is -2.11. The van der Waals surface area contributed by atoms with Crippen molar-refractivity contribution in [2.24, 2.45) is 5.92 Å². The van der Waals surface area contributed by atoms with Crippen molar-refractivity contribution >= 4 is 5.78 Å². The molecule has 60 valence electrons. The largest absolute Gasteiger partial charge is 0.299 e. The zero-order valence-electron chi connectivity index (χ0n) is 7.13. The van der Waals surface area contributed by atoms with Gasteiger partial charge in [-0.15, -0.1) is 0 Å². The minimum absolute atomic E-state index is 0.0894. The Morgan fingerprint density at radius 2 is 2.27 bits per heavy atom. The first-order valence-electron chi connectivity index (χ1n) is 4.09. The van der Waals surface area contributed by atoms with Crippen LogP contribution in [0.15, 0.2) is 23.8 Å². The molecule has 0 fully saturated rings. The van der Waals surface area contributed by atoms with E-state index in [9.17, 15) is 4.79 Å². The number of allylic oxidation sites excluding steroid dienone is 4. The van der Waals surface area contributed by atoms with Crippen molar-refractivity contribution in [2.45, 2.75) is 26.7 Å². The lowest BCUT2D eigenvalue weighted by atomic mass is 9.93. The fourth-order valence-corrected chi connectivity index (χ4v) is 1.19. The summed E-state index contributed by atoms with van der Waals surface area (Å²) >= 11 is 0. The molecule has 0 spiro atoms. The molecule has 0 bridgehead atoms. The van der Waals surface area contributed by atoms with Gasteiger partial charge in [-0.3, -0.25) is 4.79 Å². The summed E-state index contributed by atoms with van der Waals surface area (Å²) in [6, 6.07) is 0. The summed E-state index contributed by atoms with van der Waals surface area (Å²) in [5, 5.41) is 0. The van der Waals surface area contributed by atoms with Crippen molar-refractivity contribution in [1.82, 2.24) is 0 Å². The van der Waals surface area contributed by atoms with E-state index in [2.05, 4.69) is 18.2 Å². The Morgan fingerprint density at radius 1 is 1.55 bits per heavy atom. The fraction of sp³-hybridized carbons (Fsp3) is 0.500. The molecule has 0 radical (unpaired) electrons. The molecule has 1 nitrogen and oxygen atoms in total. The first kappa shape index (κ1) is 8.25. The van der Waals surface area contributed by atoms with E-state index in [1.54, 1.807) is 6.92 Å². The summed E-state index contributed by atoms with van der Waals surface area (Å²) in [6.45, 7) is 3.61. The van der Waals surface area contributed by atoms with Gasteiger partial charge in [0.1, 0.15) is 5.78 Å². The van der Waals surface area contributed by atoms with E-state index >= 15 is 0 Å². The molecular weight excluding hydrogens is 136 g/mol. The second-order valence-corrected chi connectivity index (χ2v) is 3.02. The van der Waals surface area contributed by atoms with Crippen LogP contribution in [-0.2, 0) is 4.79 Å². The van der Waals surface area contributed by atoms with Crippen LogP contribution in [0.25, 0.3) is 0 Å². The monoisotopic (exact) mass is 150 g/mol. The van der Waals surface area contributed by atoms with Crippen LogP contribution >= 0.6 is 0 Å². The lowest BCUT2D eigenvalue weighted by molar-refractivity contribution is -0.119. The molecule has 0 aliphatic heterocycles. The summed E-state index contributed by atoms with van der Waals surface area (Å²) in [4.78, 5) is 11.0. The van der Waals surface area contributed by atoms with Gasteiger partial charge < -0.3 is 0 Å². The Kier molecular flexibility index (Phi) is 2.64. The van der Waals surface area contributed by atoms with Gasteiger partial charge in [-0.1, -0.05) is 25.2 Å². The van der Waals surface area contributed by atoms with Crippen molar-refractivity contribution in [1.29, 1.82) is 0 Å². The standard InChI is InChI=1S/C10H14O/c1-8(9(2)11)10-6-4-3-5-7-10/h4,6-8H,3,5H2,1-2H3. The van der Waals surface area contributed by atoms with Gasteiger partial charge in [-0.25, -0.2) is 0 Å². The Balaban J connectivity index is 2.66. The van der Waals surface area contributed by atoms with Crippen LogP contribution in [0, 0.1) is 5.92 Å². The second-order valence-electron chi connectivity index (χ2n) is 3.02. The lowest BCUT2D eigenvalue weighted by Crippen LogP contribution is -2.08. The number of hydrogen-bond acceptors (Lipinski definition) is 1. The SMILES string of the molecule is CC(=O)C(C)C1=CCCC=C1. The van der Waals surface area contributed by atoms with Crippen molar-refractivity contribution in [3.63, 3.8) is 0 Å². The van der Waals surface area contributed by atoms with Crippen LogP contribution in [0.3, 0.4) is 0 Å². The van der Waals surface area contributed by atoms with E-state index in [1.807, 2.05) is 6.92 Å². The van der Waals surface area contributed by atoms with Crippen LogP contribution in [0.5, 0.6) is 0 Å². The van der Waals surface area contributed by atoms with Crippen molar-refractivity contribution in [2.75, 3.05) is 0 Å². The quantitative estimate of drug-likeness (QED) is 0.591. The number of ketones is 1. The topological polar surface area (TPSA) is 17.1 Å². The van der Waals surface area contributed by atoms with Crippen molar-refractivity contribution in [3.05, 3.63) is 23.8 Å². The first-order chi connectivity index (χ1) is 5.22. The molecule has 1 unspecified atom stereocenters. The molecule has 0 aromatic rings. The fourth-order valence-electron chi connectivity index (χ4n) is 1.19. The van der Waals surface area contributed by atoms with Gasteiger partial charge in [0.2, 0.25) is 0 Å². The number of hydrogen-bond donors (Lipinski definition) is 0. The molecule has 0 N–H and O–H groups in total. The molecule has 1 atom stereocenters. The minimum atomic E-state index is 0.0894. The summed E-state index contributed by atoms with van der Waals surface area (Å²) < 4.78 is 0. The second kappa shape index (κ2) is 3.51. The Morgan fingerprint density at radius 3 is 2.73 bits per heavy atom. The highest BCUT2D eigenvalue weighted by atomic mass is 16.1. The average Bonchev–Trinajstić information content (AvgIpc) is 2.05. The first-order valence-corrected chi connectivity index (χ1v) is 4.09. The number of rotatable bonds is 2. The summed E-state index contributed by atoms with van der Waals surface area (Å²) in [5.41, 5.74) is 1.18. The molecule has 0 saturated heterocycles. The Bertz CT molecular complexity index is 211. The highest BCUT2D eigenvalue weighted by Crippen LogP contribution is 2.18. The molecule has 0 saturated carbocycles. The van der Waals surface area contributed by atoms with Crippen molar-refractivity contribution < 1.29 is 4.79 Å². The highest BCUT2D eigenvalue weighted by molar-refractivity contribution is 5.81. The Labute approximate surface area is 67.8 Å². The van der Waals surface area contributed by atoms with Gasteiger partial charge >= 0.3 is 0 Å². The maximum atomic E-state index is 11.0.